The predicted molar refractivity (Wildman–Crippen MR) is 122 cm³/mol. The summed E-state index contributed by atoms with van der Waals surface area (Å²) in [5.74, 6) is 0.721. The molecule has 1 aliphatic rings. The molecule has 1 aliphatic heterocycles. The Morgan fingerprint density at radius 3 is 2.50 bits per heavy atom. The van der Waals surface area contributed by atoms with Crippen molar-refractivity contribution < 1.29 is 4.74 Å². The van der Waals surface area contributed by atoms with Gasteiger partial charge in [-0.25, -0.2) is 9.98 Å². The monoisotopic (exact) mass is 413 g/mol. The van der Waals surface area contributed by atoms with E-state index < -0.39 is 0 Å². The van der Waals surface area contributed by atoms with Crippen LogP contribution < -0.4 is 0 Å². The Kier molecular flexibility index (Phi) is 4.97. The van der Waals surface area contributed by atoms with Gasteiger partial charge in [-0.05, 0) is 52.6 Å². The number of aromatic nitrogens is 2. The van der Waals surface area contributed by atoms with Gasteiger partial charge >= 0.3 is 0 Å². The Balaban J connectivity index is 1.44. The summed E-state index contributed by atoms with van der Waals surface area (Å²) < 4.78 is 8.24. The van der Waals surface area contributed by atoms with Crippen LogP contribution in [0.3, 0.4) is 0 Å². The SMILES string of the molecule is Cc1ccc(CC2(Cn3ccnc3)COC(c3ccc(-c4ccsc4)cc3)=N2)cc1. The third-order valence-corrected chi connectivity index (χ3v) is 6.18. The van der Waals surface area contributed by atoms with Gasteiger partial charge in [-0.2, -0.15) is 11.3 Å². The maximum atomic E-state index is 6.15. The first-order chi connectivity index (χ1) is 14.7. The standard InChI is InChI=1S/C25H23N3OS/c1-19-2-4-20(5-3-19)14-25(16-28-12-11-26-18-28)17-29-24(27-25)22-8-6-21(7-9-22)23-10-13-30-15-23/h2-13,15,18H,14,16-17H2,1H3. The van der Waals surface area contributed by atoms with Crippen molar-refractivity contribution in [2.75, 3.05) is 6.61 Å². The summed E-state index contributed by atoms with van der Waals surface area (Å²) >= 11 is 1.71. The van der Waals surface area contributed by atoms with E-state index in [9.17, 15) is 0 Å². The van der Waals surface area contributed by atoms with Crippen molar-refractivity contribution in [3.8, 4) is 11.1 Å². The van der Waals surface area contributed by atoms with Crippen LogP contribution in [0.5, 0.6) is 0 Å². The number of aryl methyl sites for hydroxylation is 1. The molecule has 30 heavy (non-hydrogen) atoms. The average Bonchev–Trinajstić information content (AvgIpc) is 3.53. The molecule has 2 aromatic carbocycles. The summed E-state index contributed by atoms with van der Waals surface area (Å²) in [7, 11) is 0. The van der Waals surface area contributed by atoms with Crippen LogP contribution in [-0.2, 0) is 17.7 Å². The summed E-state index contributed by atoms with van der Waals surface area (Å²) in [4.78, 5) is 9.32. The number of thiophene rings is 1. The zero-order valence-corrected chi connectivity index (χ0v) is 17.7. The van der Waals surface area contributed by atoms with Gasteiger partial charge in [0.15, 0.2) is 0 Å². The van der Waals surface area contributed by atoms with Gasteiger partial charge in [-0.15, -0.1) is 0 Å². The summed E-state index contributed by atoms with van der Waals surface area (Å²) in [6.07, 6.45) is 6.46. The molecular formula is C25H23N3OS. The number of imidazole rings is 1. The van der Waals surface area contributed by atoms with E-state index in [0.29, 0.717) is 6.61 Å². The number of hydrogen-bond acceptors (Lipinski definition) is 4. The van der Waals surface area contributed by atoms with Crippen molar-refractivity contribution in [3.05, 3.63) is 101 Å². The molecule has 4 aromatic rings. The van der Waals surface area contributed by atoms with Crippen molar-refractivity contribution in [2.45, 2.75) is 25.4 Å². The second kappa shape index (κ2) is 7.92. The first-order valence-corrected chi connectivity index (χ1v) is 11.0. The van der Waals surface area contributed by atoms with Crippen molar-refractivity contribution in [3.63, 3.8) is 0 Å². The van der Waals surface area contributed by atoms with Gasteiger partial charge in [-0.1, -0.05) is 42.0 Å². The molecule has 0 saturated heterocycles. The molecule has 2 aromatic heterocycles. The molecule has 5 heteroatoms. The van der Waals surface area contributed by atoms with Gasteiger partial charge in [0.25, 0.3) is 0 Å². The van der Waals surface area contributed by atoms with E-state index in [1.165, 1.54) is 22.3 Å². The fraction of sp³-hybridized carbons (Fsp3) is 0.200. The van der Waals surface area contributed by atoms with E-state index >= 15 is 0 Å². The van der Waals surface area contributed by atoms with Gasteiger partial charge in [-0.3, -0.25) is 0 Å². The Morgan fingerprint density at radius 2 is 1.80 bits per heavy atom. The highest BCUT2D eigenvalue weighted by molar-refractivity contribution is 7.08. The molecule has 1 unspecified atom stereocenters. The molecule has 5 rings (SSSR count). The molecule has 0 fully saturated rings. The number of nitrogens with zero attached hydrogens (tertiary/aromatic N) is 3. The number of benzene rings is 2. The highest BCUT2D eigenvalue weighted by Gasteiger charge is 2.37. The Hall–Kier alpha value is -3.18. The summed E-state index contributed by atoms with van der Waals surface area (Å²) in [5, 5.41) is 4.26. The third kappa shape index (κ3) is 3.94. The zero-order valence-electron chi connectivity index (χ0n) is 16.9. The topological polar surface area (TPSA) is 39.4 Å². The van der Waals surface area contributed by atoms with Gasteiger partial charge in [0.1, 0.15) is 12.1 Å². The maximum absolute atomic E-state index is 6.15. The fourth-order valence-electron chi connectivity index (χ4n) is 3.90. The first kappa shape index (κ1) is 18.8. The normalized spacial score (nSPS) is 18.2. The van der Waals surface area contributed by atoms with Crippen LogP contribution >= 0.6 is 11.3 Å². The summed E-state index contributed by atoms with van der Waals surface area (Å²) in [6.45, 7) is 3.40. The smallest absolute Gasteiger partial charge is 0.216 e. The summed E-state index contributed by atoms with van der Waals surface area (Å²) in [6, 6.07) is 19.3. The van der Waals surface area contributed by atoms with Crippen LogP contribution in [0.2, 0.25) is 0 Å². The first-order valence-electron chi connectivity index (χ1n) is 10.1. The van der Waals surface area contributed by atoms with Gasteiger partial charge in [0.2, 0.25) is 5.90 Å². The molecule has 4 nitrogen and oxygen atoms in total. The zero-order chi connectivity index (χ0) is 20.4. The lowest BCUT2D eigenvalue weighted by molar-refractivity contribution is 0.233. The van der Waals surface area contributed by atoms with E-state index in [0.717, 1.165) is 24.4 Å². The maximum Gasteiger partial charge on any atom is 0.216 e. The van der Waals surface area contributed by atoms with Gasteiger partial charge < -0.3 is 9.30 Å². The molecule has 0 bridgehead atoms. The number of ether oxygens (including phenoxy) is 1. The van der Waals surface area contributed by atoms with E-state index in [1.807, 2.05) is 18.7 Å². The molecule has 1 atom stereocenters. The highest BCUT2D eigenvalue weighted by Crippen LogP contribution is 2.29. The van der Waals surface area contributed by atoms with Crippen molar-refractivity contribution in [1.29, 1.82) is 0 Å². The van der Waals surface area contributed by atoms with E-state index in [4.69, 9.17) is 9.73 Å². The van der Waals surface area contributed by atoms with Gasteiger partial charge in [0.05, 0.1) is 12.9 Å². The lowest BCUT2D eigenvalue weighted by Gasteiger charge is -2.24. The minimum atomic E-state index is -0.350. The van der Waals surface area contributed by atoms with Crippen molar-refractivity contribution in [1.82, 2.24) is 9.55 Å². The average molecular weight is 414 g/mol. The quantitative estimate of drug-likeness (QED) is 0.426. The molecule has 0 spiro atoms. The van der Waals surface area contributed by atoms with Crippen LogP contribution in [0, 0.1) is 6.92 Å². The number of aliphatic imine (C=N–C) groups is 1. The molecule has 0 saturated carbocycles. The second-order valence-corrected chi connectivity index (χ2v) is 8.70. The Labute approximate surface area is 180 Å². The van der Waals surface area contributed by atoms with Crippen molar-refractivity contribution >= 4 is 17.2 Å². The minimum Gasteiger partial charge on any atom is -0.475 e. The molecule has 0 aliphatic carbocycles. The lowest BCUT2D eigenvalue weighted by atomic mass is 9.92. The molecule has 0 amide bonds. The largest absolute Gasteiger partial charge is 0.475 e. The lowest BCUT2D eigenvalue weighted by Crippen LogP contribution is -2.36. The highest BCUT2D eigenvalue weighted by atomic mass is 32.1. The van der Waals surface area contributed by atoms with E-state index in [2.05, 4.69) is 81.8 Å². The Bertz CT molecular complexity index is 1130. The van der Waals surface area contributed by atoms with Crippen LogP contribution in [0.4, 0.5) is 0 Å². The molecule has 0 N–H and O–H groups in total. The predicted octanol–water partition coefficient (Wildman–Crippen LogP) is 5.38. The van der Waals surface area contributed by atoms with Crippen molar-refractivity contribution in [2.24, 2.45) is 4.99 Å². The molecule has 0 radical (unpaired) electrons. The molecular weight excluding hydrogens is 390 g/mol. The fourth-order valence-corrected chi connectivity index (χ4v) is 4.56. The number of rotatable bonds is 6. The summed E-state index contributed by atoms with van der Waals surface area (Å²) in [5.41, 5.74) is 5.65. The third-order valence-electron chi connectivity index (χ3n) is 5.49. The Morgan fingerprint density at radius 1 is 1.00 bits per heavy atom. The number of hydrogen-bond donors (Lipinski definition) is 0. The molecule has 3 heterocycles. The minimum absolute atomic E-state index is 0.350. The van der Waals surface area contributed by atoms with Crippen LogP contribution in [0.15, 0.2) is 89.1 Å². The second-order valence-electron chi connectivity index (χ2n) is 7.92. The van der Waals surface area contributed by atoms with Crippen LogP contribution in [0.1, 0.15) is 16.7 Å². The van der Waals surface area contributed by atoms with Crippen LogP contribution in [0.25, 0.3) is 11.1 Å². The van der Waals surface area contributed by atoms with Crippen LogP contribution in [-0.4, -0.2) is 27.6 Å². The van der Waals surface area contributed by atoms with E-state index in [-0.39, 0.29) is 5.54 Å². The van der Waals surface area contributed by atoms with E-state index in [1.54, 1.807) is 11.3 Å². The van der Waals surface area contributed by atoms with Gasteiger partial charge in [0, 0.05) is 24.4 Å². The molecule has 150 valence electrons.